The van der Waals surface area contributed by atoms with Crippen LogP contribution in [0, 0.1) is 6.92 Å². The maximum atomic E-state index is 5.86. The van der Waals surface area contributed by atoms with E-state index in [0.29, 0.717) is 12.5 Å². The number of aryl methyl sites for hydroxylation is 1. The lowest BCUT2D eigenvalue weighted by molar-refractivity contribution is 0.986. The van der Waals surface area contributed by atoms with Crippen molar-refractivity contribution in [1.82, 2.24) is 4.98 Å². The van der Waals surface area contributed by atoms with E-state index >= 15 is 0 Å². The first kappa shape index (κ1) is 17.7. The molecular formula is C14H20IN5S. The maximum Gasteiger partial charge on any atom is 0.193 e. The van der Waals surface area contributed by atoms with Gasteiger partial charge in [-0.3, -0.25) is 0 Å². The van der Waals surface area contributed by atoms with Crippen molar-refractivity contribution in [3.8, 4) is 0 Å². The molecule has 21 heavy (non-hydrogen) atoms. The fourth-order valence-electron chi connectivity index (χ4n) is 1.56. The summed E-state index contributed by atoms with van der Waals surface area (Å²) in [4.78, 5) is 10.7. The van der Waals surface area contributed by atoms with Crippen LogP contribution in [0.1, 0.15) is 11.3 Å². The van der Waals surface area contributed by atoms with Crippen LogP contribution in [0.15, 0.2) is 34.6 Å². The summed E-state index contributed by atoms with van der Waals surface area (Å²) in [5.41, 5.74) is 8.93. The number of aliphatic imine (C=N–C) groups is 1. The van der Waals surface area contributed by atoms with Crippen LogP contribution in [0.2, 0.25) is 0 Å². The van der Waals surface area contributed by atoms with Crippen molar-refractivity contribution in [3.05, 3.63) is 40.9 Å². The molecule has 0 aliphatic rings. The minimum absolute atomic E-state index is 0. The molecule has 1 aromatic carbocycles. The van der Waals surface area contributed by atoms with Crippen molar-refractivity contribution in [2.24, 2.45) is 10.7 Å². The molecule has 0 aliphatic heterocycles. The summed E-state index contributed by atoms with van der Waals surface area (Å²) < 4.78 is 0. The number of aromatic nitrogens is 1. The topological polar surface area (TPSA) is 66.5 Å². The lowest BCUT2D eigenvalue weighted by atomic mass is 10.2. The van der Waals surface area contributed by atoms with E-state index in [1.165, 1.54) is 5.56 Å². The zero-order chi connectivity index (χ0) is 14.5. The quantitative estimate of drug-likeness (QED) is 0.456. The molecule has 1 heterocycles. The van der Waals surface area contributed by atoms with Gasteiger partial charge in [0.15, 0.2) is 11.1 Å². The number of anilines is 2. The molecule has 0 saturated carbocycles. The van der Waals surface area contributed by atoms with E-state index in [4.69, 9.17) is 5.73 Å². The van der Waals surface area contributed by atoms with Gasteiger partial charge in [-0.15, -0.1) is 35.3 Å². The number of guanidine groups is 1. The van der Waals surface area contributed by atoms with Gasteiger partial charge in [-0.05, 0) is 19.1 Å². The van der Waals surface area contributed by atoms with Crippen LogP contribution in [0.25, 0.3) is 0 Å². The second kappa shape index (κ2) is 8.18. The van der Waals surface area contributed by atoms with Gasteiger partial charge in [0.05, 0.1) is 12.2 Å². The third-order valence-electron chi connectivity index (χ3n) is 2.66. The van der Waals surface area contributed by atoms with E-state index in [-0.39, 0.29) is 24.0 Å². The van der Waals surface area contributed by atoms with Gasteiger partial charge >= 0.3 is 0 Å². The average Bonchev–Trinajstić information content (AvgIpc) is 2.88. The number of nitrogens with two attached hydrogens (primary N) is 1. The molecule has 3 N–H and O–H groups in total. The van der Waals surface area contributed by atoms with Gasteiger partial charge in [0, 0.05) is 25.2 Å². The highest BCUT2D eigenvalue weighted by Gasteiger charge is 2.03. The van der Waals surface area contributed by atoms with Crippen LogP contribution in [0.5, 0.6) is 0 Å². The Bertz CT molecular complexity index is 592. The van der Waals surface area contributed by atoms with E-state index in [2.05, 4.69) is 15.3 Å². The van der Waals surface area contributed by atoms with Crippen LogP contribution in [-0.4, -0.2) is 25.0 Å². The second-order valence-electron chi connectivity index (χ2n) is 4.71. The third kappa shape index (κ3) is 5.50. The highest BCUT2D eigenvalue weighted by atomic mass is 127. The lowest BCUT2D eigenvalue weighted by Gasteiger charge is -2.06. The predicted molar refractivity (Wildman–Crippen MR) is 102 cm³/mol. The number of hydrogen-bond acceptors (Lipinski definition) is 4. The monoisotopic (exact) mass is 417 g/mol. The molecule has 1 aromatic heterocycles. The molecular weight excluding hydrogens is 397 g/mol. The largest absolute Gasteiger partial charge is 0.370 e. The Kier molecular flexibility index (Phi) is 6.90. The van der Waals surface area contributed by atoms with Crippen LogP contribution in [0.3, 0.4) is 0 Å². The van der Waals surface area contributed by atoms with Gasteiger partial charge in [-0.2, -0.15) is 0 Å². The molecule has 0 radical (unpaired) electrons. The highest BCUT2D eigenvalue weighted by Crippen LogP contribution is 2.18. The van der Waals surface area contributed by atoms with Gasteiger partial charge in [-0.25, -0.2) is 9.98 Å². The number of benzene rings is 1. The molecule has 7 heteroatoms. The number of nitrogens with one attached hydrogen (secondary N) is 1. The lowest BCUT2D eigenvalue weighted by Crippen LogP contribution is -2.22. The molecule has 0 unspecified atom stereocenters. The first-order valence-electron chi connectivity index (χ1n) is 6.30. The number of nitrogens with zero attached hydrogens (tertiary/aromatic N) is 3. The zero-order valence-corrected chi connectivity index (χ0v) is 15.5. The van der Waals surface area contributed by atoms with E-state index in [1.807, 2.05) is 55.6 Å². The fraction of sp³-hybridized carbons (Fsp3) is 0.286. The average molecular weight is 417 g/mol. The number of halogens is 1. The number of thiazole rings is 1. The SMILES string of the molecule is Cc1ccc(NC(N)=NCc2csc(N(C)C)n2)cc1.I. The minimum Gasteiger partial charge on any atom is -0.370 e. The Morgan fingerprint density at radius 3 is 2.57 bits per heavy atom. The van der Waals surface area contributed by atoms with Gasteiger partial charge in [0.1, 0.15) is 0 Å². The number of rotatable bonds is 4. The summed E-state index contributed by atoms with van der Waals surface area (Å²) in [5.74, 6) is 0.397. The Morgan fingerprint density at radius 2 is 2.00 bits per heavy atom. The molecule has 5 nitrogen and oxygen atoms in total. The van der Waals surface area contributed by atoms with E-state index in [1.54, 1.807) is 11.3 Å². The Morgan fingerprint density at radius 1 is 1.33 bits per heavy atom. The smallest absolute Gasteiger partial charge is 0.193 e. The van der Waals surface area contributed by atoms with Crippen molar-refractivity contribution in [1.29, 1.82) is 0 Å². The summed E-state index contributed by atoms with van der Waals surface area (Å²) in [6, 6.07) is 8.01. The molecule has 0 amide bonds. The van der Waals surface area contributed by atoms with E-state index in [9.17, 15) is 0 Å². The molecule has 0 atom stereocenters. The standard InChI is InChI=1S/C14H19N5S.HI/c1-10-4-6-11(7-5-10)17-13(15)16-8-12-9-20-14(18-12)19(2)3;/h4-7,9H,8H2,1-3H3,(H3,15,16,17);1H. The van der Waals surface area contributed by atoms with Crippen LogP contribution >= 0.6 is 35.3 Å². The highest BCUT2D eigenvalue weighted by molar-refractivity contribution is 14.0. The summed E-state index contributed by atoms with van der Waals surface area (Å²) in [5, 5.41) is 6.03. The first-order valence-corrected chi connectivity index (χ1v) is 7.18. The summed E-state index contributed by atoms with van der Waals surface area (Å²) in [6.45, 7) is 2.53. The summed E-state index contributed by atoms with van der Waals surface area (Å²) in [6.07, 6.45) is 0. The molecule has 0 aliphatic carbocycles. The molecule has 114 valence electrons. The zero-order valence-electron chi connectivity index (χ0n) is 12.3. The first-order chi connectivity index (χ1) is 9.54. The summed E-state index contributed by atoms with van der Waals surface area (Å²) >= 11 is 1.60. The van der Waals surface area contributed by atoms with Gasteiger partial charge in [0.25, 0.3) is 0 Å². The molecule has 0 bridgehead atoms. The Labute approximate surface area is 146 Å². The Balaban J connectivity index is 0.00000220. The van der Waals surface area contributed by atoms with Gasteiger partial charge in [-0.1, -0.05) is 17.7 Å². The number of hydrogen-bond donors (Lipinski definition) is 2. The third-order valence-corrected chi connectivity index (χ3v) is 3.71. The van der Waals surface area contributed by atoms with E-state index in [0.717, 1.165) is 16.5 Å². The van der Waals surface area contributed by atoms with Crippen LogP contribution < -0.4 is 16.0 Å². The van der Waals surface area contributed by atoms with Crippen molar-refractivity contribution in [3.63, 3.8) is 0 Å². The fourth-order valence-corrected chi connectivity index (χ4v) is 2.31. The minimum atomic E-state index is 0. The maximum absolute atomic E-state index is 5.86. The molecule has 0 spiro atoms. The van der Waals surface area contributed by atoms with Crippen molar-refractivity contribution in [2.75, 3.05) is 24.3 Å². The molecule has 2 rings (SSSR count). The van der Waals surface area contributed by atoms with E-state index < -0.39 is 0 Å². The molecule has 2 aromatic rings. The normalized spacial score (nSPS) is 10.9. The summed E-state index contributed by atoms with van der Waals surface area (Å²) in [7, 11) is 3.94. The van der Waals surface area contributed by atoms with Crippen LogP contribution in [0.4, 0.5) is 10.8 Å². The molecule has 0 saturated heterocycles. The van der Waals surface area contributed by atoms with Gasteiger partial charge in [0.2, 0.25) is 0 Å². The second-order valence-corrected chi connectivity index (χ2v) is 5.54. The van der Waals surface area contributed by atoms with Gasteiger partial charge < -0.3 is 16.0 Å². The Hall–Kier alpha value is -1.35. The van der Waals surface area contributed by atoms with Crippen LogP contribution in [-0.2, 0) is 6.54 Å². The predicted octanol–water partition coefficient (Wildman–Crippen LogP) is 3.06. The molecule has 0 fully saturated rings. The van der Waals surface area contributed by atoms with Crippen molar-refractivity contribution in [2.45, 2.75) is 13.5 Å². The van der Waals surface area contributed by atoms with Crippen molar-refractivity contribution < 1.29 is 0 Å². The van der Waals surface area contributed by atoms with Crippen molar-refractivity contribution >= 4 is 52.1 Å².